The molecule has 4 heteroatoms. The molecule has 0 aliphatic carbocycles. The lowest BCUT2D eigenvalue weighted by Gasteiger charge is -2.19. The van der Waals surface area contributed by atoms with Crippen LogP contribution >= 0.6 is 0 Å². The fraction of sp³-hybridized carbons (Fsp3) is 0. The number of carbonyl (C=O) groups is 2. The van der Waals surface area contributed by atoms with Gasteiger partial charge in [0.15, 0.2) is 0 Å². The summed E-state index contributed by atoms with van der Waals surface area (Å²) in [6, 6.07) is 0. The van der Waals surface area contributed by atoms with Crippen LogP contribution in [0.3, 0.4) is 0 Å². The number of hydrogen-bond acceptors (Lipinski definition) is 2. The summed E-state index contributed by atoms with van der Waals surface area (Å²) in [4.78, 5) is 20.2. The molecule has 0 atom stereocenters. The Kier molecular flexibility index (Phi) is 3.63. The van der Waals surface area contributed by atoms with Crippen molar-refractivity contribution in [1.29, 1.82) is 0 Å². The second-order valence-electron chi connectivity index (χ2n) is 1.34. The van der Waals surface area contributed by atoms with E-state index < -0.39 is 0 Å². The van der Waals surface area contributed by atoms with Crippen molar-refractivity contribution in [2.24, 2.45) is 0 Å². The van der Waals surface area contributed by atoms with Crippen molar-refractivity contribution < 1.29 is 9.59 Å². The fourth-order valence-corrected chi connectivity index (χ4v) is 0.383. The van der Waals surface area contributed by atoms with E-state index in [0.717, 1.165) is 10.0 Å². The van der Waals surface area contributed by atoms with Gasteiger partial charge >= 0.3 is 0 Å². The molecule has 0 aromatic rings. The zero-order valence-corrected chi connectivity index (χ0v) is 5.43. The zero-order valence-electron chi connectivity index (χ0n) is 5.43. The van der Waals surface area contributed by atoms with E-state index in [4.69, 9.17) is 0 Å². The minimum absolute atomic E-state index is 0.448. The lowest BCUT2D eigenvalue weighted by atomic mass is 10.8. The number of hydrazine groups is 1. The van der Waals surface area contributed by atoms with Gasteiger partial charge < -0.3 is 0 Å². The van der Waals surface area contributed by atoms with Crippen LogP contribution in [-0.4, -0.2) is 22.8 Å². The molecule has 0 N–H and O–H groups in total. The molecule has 0 heterocycles. The second-order valence-corrected chi connectivity index (χ2v) is 1.34. The molecule has 54 valence electrons. The van der Waals surface area contributed by atoms with Gasteiger partial charge in [-0.2, -0.15) is 0 Å². The van der Waals surface area contributed by atoms with Crippen LogP contribution in [0.1, 0.15) is 0 Å². The van der Waals surface area contributed by atoms with Crippen LogP contribution in [0.4, 0.5) is 0 Å². The summed E-state index contributed by atoms with van der Waals surface area (Å²) in [5.41, 5.74) is 0. The third-order valence-electron chi connectivity index (χ3n) is 0.857. The van der Waals surface area contributed by atoms with Crippen LogP contribution < -0.4 is 0 Å². The molecule has 0 rings (SSSR count). The smallest absolute Gasteiger partial charge is 0.232 e. The first-order chi connectivity index (χ1) is 4.79. The normalized spacial score (nSPS) is 7.60. The lowest BCUT2D eigenvalue weighted by molar-refractivity contribution is -0.136. The standard InChI is InChI=1S/C6H8N2O2/c1-3-7(5-9)8(4-2)6-10/h3-6H,1-2H2. The van der Waals surface area contributed by atoms with Crippen molar-refractivity contribution in [1.82, 2.24) is 10.0 Å². The number of amides is 2. The average molecular weight is 140 g/mol. The van der Waals surface area contributed by atoms with E-state index in [2.05, 4.69) is 13.2 Å². The Bertz CT molecular complexity index is 122. The number of rotatable bonds is 5. The first-order valence-corrected chi connectivity index (χ1v) is 2.52. The third-order valence-corrected chi connectivity index (χ3v) is 0.857. The van der Waals surface area contributed by atoms with E-state index in [0.29, 0.717) is 12.8 Å². The summed E-state index contributed by atoms with van der Waals surface area (Å²) in [5, 5.41) is 1.92. The Morgan fingerprint density at radius 2 is 1.20 bits per heavy atom. The minimum Gasteiger partial charge on any atom is -0.276 e. The lowest BCUT2D eigenvalue weighted by Crippen LogP contribution is -2.31. The van der Waals surface area contributed by atoms with Gasteiger partial charge in [-0.25, -0.2) is 10.0 Å². The quantitative estimate of drug-likeness (QED) is 0.401. The predicted octanol–water partition coefficient (Wildman–Crippen LogP) is 0.105. The Labute approximate surface area is 59.0 Å². The van der Waals surface area contributed by atoms with Crippen LogP contribution in [-0.2, 0) is 9.59 Å². The van der Waals surface area contributed by atoms with E-state index in [-0.39, 0.29) is 0 Å². The first kappa shape index (κ1) is 8.42. The van der Waals surface area contributed by atoms with Gasteiger partial charge in [-0.3, -0.25) is 9.59 Å². The molecule has 4 nitrogen and oxygen atoms in total. The molecular weight excluding hydrogens is 132 g/mol. The maximum absolute atomic E-state index is 10.1. The Balaban J connectivity index is 4.20. The summed E-state index contributed by atoms with van der Waals surface area (Å²) in [6.07, 6.45) is 3.29. The maximum Gasteiger partial charge on any atom is 0.232 e. The SMILES string of the molecule is C=CN(C=O)N(C=C)C=O. The van der Waals surface area contributed by atoms with E-state index in [1.54, 1.807) is 0 Å². The third kappa shape index (κ3) is 1.74. The van der Waals surface area contributed by atoms with Crippen molar-refractivity contribution in [3.8, 4) is 0 Å². The van der Waals surface area contributed by atoms with Crippen molar-refractivity contribution in [2.75, 3.05) is 0 Å². The van der Waals surface area contributed by atoms with Gasteiger partial charge in [-0.15, -0.1) is 0 Å². The fourth-order valence-electron chi connectivity index (χ4n) is 0.383. The molecule has 0 aromatic heterocycles. The Hall–Kier alpha value is -1.58. The number of nitrogens with zero attached hydrogens (tertiary/aromatic N) is 2. The van der Waals surface area contributed by atoms with E-state index in [9.17, 15) is 9.59 Å². The van der Waals surface area contributed by atoms with Gasteiger partial charge in [0.2, 0.25) is 12.8 Å². The molecule has 0 bridgehead atoms. The highest BCUT2D eigenvalue weighted by Gasteiger charge is 2.00. The molecule has 0 fully saturated rings. The van der Waals surface area contributed by atoms with Crippen molar-refractivity contribution in [2.45, 2.75) is 0 Å². The van der Waals surface area contributed by atoms with Crippen LogP contribution in [0.5, 0.6) is 0 Å². The molecular formula is C6H8N2O2. The van der Waals surface area contributed by atoms with Crippen molar-refractivity contribution in [3.05, 3.63) is 25.6 Å². The van der Waals surface area contributed by atoms with Crippen LogP contribution in [0.25, 0.3) is 0 Å². The summed E-state index contributed by atoms with van der Waals surface area (Å²) in [6.45, 7) is 6.59. The molecule has 0 aliphatic heterocycles. The molecule has 0 spiro atoms. The number of carbonyl (C=O) groups excluding carboxylic acids is 2. The molecule has 2 amide bonds. The zero-order chi connectivity index (χ0) is 7.98. The van der Waals surface area contributed by atoms with Gasteiger partial charge in [-0.05, 0) is 0 Å². The molecule has 0 aromatic carbocycles. The van der Waals surface area contributed by atoms with Crippen LogP contribution in [0.2, 0.25) is 0 Å². The molecule has 0 radical (unpaired) electrons. The van der Waals surface area contributed by atoms with Gasteiger partial charge in [0.25, 0.3) is 0 Å². The molecule has 0 aliphatic rings. The van der Waals surface area contributed by atoms with Gasteiger partial charge in [0.1, 0.15) is 0 Å². The summed E-state index contributed by atoms with van der Waals surface area (Å²) in [5.74, 6) is 0. The maximum atomic E-state index is 10.1. The highest BCUT2D eigenvalue weighted by molar-refractivity contribution is 5.56. The monoisotopic (exact) mass is 140 g/mol. The number of hydrogen-bond donors (Lipinski definition) is 0. The van der Waals surface area contributed by atoms with Crippen LogP contribution in [0.15, 0.2) is 25.6 Å². The molecule has 0 unspecified atom stereocenters. The molecule has 0 saturated heterocycles. The minimum atomic E-state index is 0.448. The summed E-state index contributed by atoms with van der Waals surface area (Å²) < 4.78 is 0. The largest absolute Gasteiger partial charge is 0.276 e. The molecule has 10 heavy (non-hydrogen) atoms. The van der Waals surface area contributed by atoms with E-state index in [1.165, 1.54) is 12.4 Å². The van der Waals surface area contributed by atoms with E-state index >= 15 is 0 Å². The Morgan fingerprint density at radius 3 is 1.30 bits per heavy atom. The highest BCUT2D eigenvalue weighted by Crippen LogP contribution is 1.90. The predicted molar refractivity (Wildman–Crippen MR) is 36.2 cm³/mol. The summed E-state index contributed by atoms with van der Waals surface area (Å²) in [7, 11) is 0. The van der Waals surface area contributed by atoms with Gasteiger partial charge in [0.05, 0.1) is 0 Å². The second kappa shape index (κ2) is 4.31. The molecule has 0 saturated carbocycles. The van der Waals surface area contributed by atoms with Crippen LogP contribution in [0, 0.1) is 0 Å². The summed E-state index contributed by atoms with van der Waals surface area (Å²) >= 11 is 0. The van der Waals surface area contributed by atoms with E-state index in [1.807, 2.05) is 0 Å². The first-order valence-electron chi connectivity index (χ1n) is 2.52. The van der Waals surface area contributed by atoms with Gasteiger partial charge in [-0.1, -0.05) is 13.2 Å². The van der Waals surface area contributed by atoms with Crippen molar-refractivity contribution >= 4 is 12.8 Å². The van der Waals surface area contributed by atoms with Crippen molar-refractivity contribution in [3.63, 3.8) is 0 Å². The van der Waals surface area contributed by atoms with Gasteiger partial charge in [0, 0.05) is 12.4 Å². The topological polar surface area (TPSA) is 40.6 Å². The average Bonchev–Trinajstić information content (AvgIpc) is 2.00. The Morgan fingerprint density at radius 1 is 0.900 bits per heavy atom. The highest BCUT2D eigenvalue weighted by atomic mass is 16.2.